The van der Waals surface area contributed by atoms with Crippen LogP contribution in [0.4, 0.5) is 11.4 Å². The summed E-state index contributed by atoms with van der Waals surface area (Å²) in [6.07, 6.45) is 0. The first-order valence-corrected chi connectivity index (χ1v) is 6.69. The summed E-state index contributed by atoms with van der Waals surface area (Å²) in [6, 6.07) is 10.4. The van der Waals surface area contributed by atoms with Crippen molar-refractivity contribution in [1.29, 1.82) is 0 Å². The summed E-state index contributed by atoms with van der Waals surface area (Å²) in [7, 11) is 0. The average Bonchev–Trinajstić information content (AvgIpc) is 2.43. The fourth-order valence-corrected chi connectivity index (χ4v) is 2.12. The zero-order valence-electron chi connectivity index (χ0n) is 12.3. The number of nitro benzene ring substituents is 1. The van der Waals surface area contributed by atoms with Gasteiger partial charge in [0.05, 0.1) is 4.92 Å². The lowest BCUT2D eigenvalue weighted by molar-refractivity contribution is -0.385. The molecule has 0 amide bonds. The molecule has 21 heavy (non-hydrogen) atoms. The number of nitrogens with zero attached hydrogens (tertiary/aromatic N) is 1. The van der Waals surface area contributed by atoms with E-state index in [9.17, 15) is 15.2 Å². The summed E-state index contributed by atoms with van der Waals surface area (Å²) >= 11 is 0. The minimum atomic E-state index is -0.372. The molecule has 0 fully saturated rings. The van der Waals surface area contributed by atoms with Gasteiger partial charge in [0, 0.05) is 29.4 Å². The summed E-state index contributed by atoms with van der Waals surface area (Å²) in [5, 5.41) is 23.9. The highest BCUT2D eigenvalue weighted by Crippen LogP contribution is 2.27. The Morgan fingerprint density at radius 3 is 2.43 bits per heavy atom. The number of nitro groups is 1. The van der Waals surface area contributed by atoms with E-state index in [0.29, 0.717) is 5.56 Å². The number of phenolic OH excluding ortho intramolecular Hbond substituents is 1. The van der Waals surface area contributed by atoms with Crippen LogP contribution in [0.25, 0.3) is 0 Å². The number of aromatic hydroxyl groups is 1. The normalized spacial score (nSPS) is 12.0. The van der Waals surface area contributed by atoms with E-state index < -0.39 is 0 Å². The number of benzene rings is 2. The van der Waals surface area contributed by atoms with Gasteiger partial charge in [-0.1, -0.05) is 18.2 Å². The Labute approximate surface area is 123 Å². The Morgan fingerprint density at radius 1 is 1.14 bits per heavy atom. The predicted octanol–water partition coefficient (Wildman–Crippen LogP) is 4.09. The fourth-order valence-electron chi connectivity index (χ4n) is 2.12. The zero-order chi connectivity index (χ0) is 15.6. The summed E-state index contributed by atoms with van der Waals surface area (Å²) in [4.78, 5) is 10.6. The number of phenols is 1. The Kier molecular flexibility index (Phi) is 4.12. The molecule has 110 valence electrons. The molecule has 2 aromatic rings. The van der Waals surface area contributed by atoms with Gasteiger partial charge in [-0.25, -0.2) is 0 Å². The first kappa shape index (κ1) is 14.8. The molecule has 5 heteroatoms. The number of hydrogen-bond donors (Lipinski definition) is 2. The van der Waals surface area contributed by atoms with Crippen molar-refractivity contribution in [3.8, 4) is 5.75 Å². The molecule has 0 aliphatic carbocycles. The SMILES string of the molecule is Cc1ccc(NC(C)c2ccc(C)c([N+](=O)[O-])c2)cc1O. The molecule has 2 aromatic carbocycles. The van der Waals surface area contributed by atoms with E-state index >= 15 is 0 Å². The highest BCUT2D eigenvalue weighted by Gasteiger charge is 2.14. The molecule has 2 rings (SSSR count). The quantitative estimate of drug-likeness (QED) is 0.655. The van der Waals surface area contributed by atoms with Crippen LogP contribution in [0.15, 0.2) is 36.4 Å². The lowest BCUT2D eigenvalue weighted by Gasteiger charge is -2.16. The third kappa shape index (κ3) is 3.31. The highest BCUT2D eigenvalue weighted by atomic mass is 16.6. The first-order chi connectivity index (χ1) is 9.88. The van der Waals surface area contributed by atoms with Crippen LogP contribution < -0.4 is 5.32 Å². The maximum atomic E-state index is 11.0. The maximum Gasteiger partial charge on any atom is 0.272 e. The summed E-state index contributed by atoms with van der Waals surface area (Å²) in [5.74, 6) is 0.224. The second kappa shape index (κ2) is 5.83. The number of hydrogen-bond acceptors (Lipinski definition) is 4. The zero-order valence-corrected chi connectivity index (χ0v) is 12.3. The van der Waals surface area contributed by atoms with Crippen LogP contribution >= 0.6 is 0 Å². The Balaban J connectivity index is 2.23. The molecule has 0 saturated carbocycles. The van der Waals surface area contributed by atoms with E-state index in [0.717, 1.165) is 16.8 Å². The minimum absolute atomic E-state index is 0.105. The van der Waals surface area contributed by atoms with Crippen molar-refractivity contribution in [2.45, 2.75) is 26.8 Å². The number of rotatable bonds is 4. The van der Waals surface area contributed by atoms with Crippen molar-refractivity contribution in [2.75, 3.05) is 5.32 Å². The van der Waals surface area contributed by atoms with Crippen molar-refractivity contribution in [1.82, 2.24) is 0 Å². The third-order valence-corrected chi connectivity index (χ3v) is 3.52. The maximum absolute atomic E-state index is 11.0. The Morgan fingerprint density at radius 2 is 1.81 bits per heavy atom. The van der Waals surface area contributed by atoms with Crippen LogP contribution in [0.1, 0.15) is 29.7 Å². The summed E-state index contributed by atoms with van der Waals surface area (Å²) < 4.78 is 0. The van der Waals surface area contributed by atoms with Gasteiger partial charge in [-0.3, -0.25) is 10.1 Å². The average molecular weight is 286 g/mol. The van der Waals surface area contributed by atoms with Crippen LogP contribution in [-0.2, 0) is 0 Å². The molecule has 0 aliphatic heterocycles. The van der Waals surface area contributed by atoms with Gasteiger partial charge < -0.3 is 10.4 Å². The lowest BCUT2D eigenvalue weighted by Crippen LogP contribution is -2.07. The van der Waals surface area contributed by atoms with Gasteiger partial charge >= 0.3 is 0 Å². The molecule has 5 nitrogen and oxygen atoms in total. The van der Waals surface area contributed by atoms with Crippen LogP contribution in [0.5, 0.6) is 5.75 Å². The largest absolute Gasteiger partial charge is 0.508 e. The molecule has 2 N–H and O–H groups in total. The fraction of sp³-hybridized carbons (Fsp3) is 0.250. The van der Waals surface area contributed by atoms with Gasteiger partial charge in [0.25, 0.3) is 5.69 Å². The molecule has 0 heterocycles. The molecular weight excluding hydrogens is 268 g/mol. The van der Waals surface area contributed by atoms with Gasteiger partial charge in [0.1, 0.15) is 5.75 Å². The predicted molar refractivity (Wildman–Crippen MR) is 82.7 cm³/mol. The van der Waals surface area contributed by atoms with E-state index in [4.69, 9.17) is 0 Å². The van der Waals surface area contributed by atoms with Crippen LogP contribution in [-0.4, -0.2) is 10.0 Å². The van der Waals surface area contributed by atoms with Crippen LogP contribution in [0, 0.1) is 24.0 Å². The van der Waals surface area contributed by atoms with Crippen molar-refractivity contribution in [3.05, 3.63) is 63.2 Å². The Hall–Kier alpha value is -2.56. The van der Waals surface area contributed by atoms with Gasteiger partial charge in [-0.15, -0.1) is 0 Å². The molecule has 0 bridgehead atoms. The number of aryl methyl sites for hydroxylation is 2. The standard InChI is InChI=1S/C16H18N2O3/c1-10-4-6-13(8-15(10)18(20)21)12(3)17-14-7-5-11(2)16(19)9-14/h4-9,12,17,19H,1-3H3. The second-order valence-electron chi connectivity index (χ2n) is 5.17. The van der Waals surface area contributed by atoms with E-state index in [1.165, 1.54) is 0 Å². The molecule has 0 aromatic heterocycles. The van der Waals surface area contributed by atoms with Crippen molar-refractivity contribution in [2.24, 2.45) is 0 Å². The van der Waals surface area contributed by atoms with Crippen molar-refractivity contribution >= 4 is 11.4 Å². The third-order valence-electron chi connectivity index (χ3n) is 3.52. The smallest absolute Gasteiger partial charge is 0.272 e. The molecule has 0 saturated heterocycles. The van der Waals surface area contributed by atoms with Gasteiger partial charge in [0.2, 0.25) is 0 Å². The molecule has 0 radical (unpaired) electrons. The number of anilines is 1. The summed E-state index contributed by atoms with van der Waals surface area (Å²) in [5.41, 5.74) is 3.16. The molecule has 1 unspecified atom stereocenters. The minimum Gasteiger partial charge on any atom is -0.508 e. The molecule has 0 spiro atoms. The molecule has 1 atom stereocenters. The van der Waals surface area contributed by atoms with Crippen molar-refractivity contribution < 1.29 is 10.0 Å². The monoisotopic (exact) mass is 286 g/mol. The topological polar surface area (TPSA) is 75.4 Å². The van der Waals surface area contributed by atoms with Crippen LogP contribution in [0.2, 0.25) is 0 Å². The Bertz CT molecular complexity index is 683. The summed E-state index contributed by atoms with van der Waals surface area (Å²) in [6.45, 7) is 5.47. The van der Waals surface area contributed by atoms with Crippen molar-refractivity contribution in [3.63, 3.8) is 0 Å². The van der Waals surface area contributed by atoms with E-state index in [1.807, 2.05) is 32.0 Å². The van der Waals surface area contributed by atoms with E-state index in [1.54, 1.807) is 25.1 Å². The molecular formula is C16H18N2O3. The lowest BCUT2D eigenvalue weighted by atomic mass is 10.0. The molecule has 0 aliphatic rings. The van der Waals surface area contributed by atoms with Gasteiger partial charge in [0.15, 0.2) is 0 Å². The van der Waals surface area contributed by atoms with E-state index in [2.05, 4.69) is 5.32 Å². The highest BCUT2D eigenvalue weighted by molar-refractivity contribution is 5.53. The first-order valence-electron chi connectivity index (χ1n) is 6.69. The van der Waals surface area contributed by atoms with Gasteiger partial charge in [-0.2, -0.15) is 0 Å². The second-order valence-corrected chi connectivity index (χ2v) is 5.17. The number of nitrogens with one attached hydrogen (secondary N) is 1. The van der Waals surface area contributed by atoms with Gasteiger partial charge in [-0.05, 0) is 38.0 Å². The van der Waals surface area contributed by atoms with E-state index in [-0.39, 0.29) is 22.4 Å². The van der Waals surface area contributed by atoms with Crippen LogP contribution in [0.3, 0.4) is 0 Å².